The molecule has 134 valence electrons. The zero-order valence-corrected chi connectivity index (χ0v) is 14.4. The van der Waals surface area contributed by atoms with Gasteiger partial charge in [0.2, 0.25) is 12.3 Å². The van der Waals surface area contributed by atoms with E-state index in [1.165, 1.54) is 18.5 Å². The Labute approximate surface area is 150 Å². The Hall–Kier alpha value is -3.20. The number of aromatic nitrogens is 2. The van der Waals surface area contributed by atoms with Crippen LogP contribution in [0.5, 0.6) is 0 Å². The number of urea groups is 1. The molecule has 0 aliphatic carbocycles. The summed E-state index contributed by atoms with van der Waals surface area (Å²) in [6.45, 7) is -0.00753. The van der Waals surface area contributed by atoms with Crippen molar-refractivity contribution in [1.29, 1.82) is 0 Å². The number of carbonyl (C=O) groups is 1. The summed E-state index contributed by atoms with van der Waals surface area (Å²) < 4.78 is 29.4. The highest BCUT2D eigenvalue weighted by molar-refractivity contribution is 7.91. The number of sulfone groups is 1. The molecule has 0 saturated carbocycles. The van der Waals surface area contributed by atoms with Crippen LogP contribution >= 0.6 is 0 Å². The van der Waals surface area contributed by atoms with Gasteiger partial charge in [-0.2, -0.15) is 0 Å². The summed E-state index contributed by atoms with van der Waals surface area (Å²) in [6.07, 6.45) is 1.22. The van der Waals surface area contributed by atoms with Crippen LogP contribution in [0.4, 0.5) is 10.5 Å². The minimum atomic E-state index is -3.44. The van der Waals surface area contributed by atoms with Crippen molar-refractivity contribution in [2.24, 2.45) is 0 Å². The van der Waals surface area contributed by atoms with E-state index in [9.17, 15) is 13.2 Å². The van der Waals surface area contributed by atoms with Gasteiger partial charge in [-0.1, -0.05) is 24.3 Å². The molecule has 8 nitrogen and oxygen atoms in total. The fourth-order valence-electron chi connectivity index (χ4n) is 2.25. The molecule has 9 heteroatoms. The monoisotopic (exact) mass is 372 g/mol. The quantitative estimate of drug-likeness (QED) is 0.686. The molecule has 1 aromatic heterocycles. The van der Waals surface area contributed by atoms with Gasteiger partial charge >= 0.3 is 6.03 Å². The molecular weight excluding hydrogens is 356 g/mol. The highest BCUT2D eigenvalue weighted by Gasteiger charge is 2.14. The molecule has 1 heterocycles. The molecular formula is C17H16N4O4S. The van der Waals surface area contributed by atoms with Crippen molar-refractivity contribution in [3.05, 3.63) is 61.0 Å². The fourth-order valence-corrected chi connectivity index (χ4v) is 3.43. The summed E-state index contributed by atoms with van der Waals surface area (Å²) >= 11 is 0. The third kappa shape index (κ3) is 4.45. The SMILES string of the molecule is O=C(NCCS(=O)(=O)c1ccccc1)Nc1cccc(-c2nnco2)c1. The Kier molecular flexibility index (Phi) is 5.28. The number of carbonyl (C=O) groups excluding carboxylic acids is 1. The van der Waals surface area contributed by atoms with Crippen LogP contribution in [0.1, 0.15) is 0 Å². The van der Waals surface area contributed by atoms with E-state index in [1.807, 2.05) is 0 Å². The largest absolute Gasteiger partial charge is 0.423 e. The average Bonchev–Trinajstić information content (AvgIpc) is 3.17. The van der Waals surface area contributed by atoms with Crippen molar-refractivity contribution < 1.29 is 17.6 Å². The van der Waals surface area contributed by atoms with E-state index >= 15 is 0 Å². The minimum absolute atomic E-state index is 0.00753. The van der Waals surface area contributed by atoms with Gasteiger partial charge in [-0.3, -0.25) is 0 Å². The summed E-state index contributed by atoms with van der Waals surface area (Å²) in [5, 5.41) is 12.6. The van der Waals surface area contributed by atoms with Gasteiger partial charge < -0.3 is 15.1 Å². The lowest BCUT2D eigenvalue weighted by Crippen LogP contribution is -2.32. The molecule has 2 amide bonds. The van der Waals surface area contributed by atoms with Crippen molar-refractivity contribution in [2.75, 3.05) is 17.6 Å². The predicted molar refractivity (Wildman–Crippen MR) is 95.3 cm³/mol. The second kappa shape index (κ2) is 7.79. The average molecular weight is 372 g/mol. The summed E-state index contributed by atoms with van der Waals surface area (Å²) in [5.41, 5.74) is 1.18. The van der Waals surface area contributed by atoms with Crippen LogP contribution in [0.2, 0.25) is 0 Å². The number of benzene rings is 2. The van der Waals surface area contributed by atoms with Crippen molar-refractivity contribution >= 4 is 21.6 Å². The van der Waals surface area contributed by atoms with Crippen LogP contribution in [0.15, 0.2) is 70.3 Å². The van der Waals surface area contributed by atoms with Crippen LogP contribution in [0.3, 0.4) is 0 Å². The molecule has 3 aromatic rings. The molecule has 0 aliphatic heterocycles. The van der Waals surface area contributed by atoms with Crippen LogP contribution in [-0.4, -0.2) is 36.9 Å². The van der Waals surface area contributed by atoms with Crippen molar-refractivity contribution in [3.63, 3.8) is 0 Å². The smallest absolute Gasteiger partial charge is 0.319 e. The molecule has 0 unspecified atom stereocenters. The van der Waals surface area contributed by atoms with Gasteiger partial charge in [-0.05, 0) is 30.3 Å². The highest BCUT2D eigenvalue weighted by Crippen LogP contribution is 2.20. The van der Waals surface area contributed by atoms with Gasteiger partial charge in [-0.15, -0.1) is 10.2 Å². The molecule has 0 fully saturated rings. The molecule has 0 saturated heterocycles. The van der Waals surface area contributed by atoms with E-state index < -0.39 is 15.9 Å². The lowest BCUT2D eigenvalue weighted by molar-refractivity contribution is 0.252. The van der Waals surface area contributed by atoms with Gasteiger partial charge in [0.05, 0.1) is 10.6 Å². The van der Waals surface area contributed by atoms with E-state index in [0.717, 1.165) is 0 Å². The number of nitrogens with one attached hydrogen (secondary N) is 2. The molecule has 0 atom stereocenters. The predicted octanol–water partition coefficient (Wildman–Crippen LogP) is 2.33. The van der Waals surface area contributed by atoms with Gasteiger partial charge in [0.15, 0.2) is 9.84 Å². The van der Waals surface area contributed by atoms with E-state index in [4.69, 9.17) is 4.42 Å². The molecule has 2 aromatic carbocycles. The van der Waals surface area contributed by atoms with Crippen LogP contribution < -0.4 is 10.6 Å². The molecule has 0 aliphatic rings. The molecule has 0 bridgehead atoms. The Morgan fingerprint density at radius 1 is 1.08 bits per heavy atom. The Bertz CT molecular complexity index is 973. The topological polar surface area (TPSA) is 114 Å². The van der Waals surface area contributed by atoms with E-state index in [-0.39, 0.29) is 17.2 Å². The number of amides is 2. The van der Waals surface area contributed by atoms with Crippen molar-refractivity contribution in [3.8, 4) is 11.5 Å². The Balaban J connectivity index is 1.54. The first-order valence-corrected chi connectivity index (χ1v) is 9.39. The number of hydrogen-bond donors (Lipinski definition) is 2. The summed E-state index contributed by atoms with van der Waals surface area (Å²) in [6, 6.07) is 14.5. The first-order chi connectivity index (χ1) is 12.5. The van der Waals surface area contributed by atoms with Crippen molar-refractivity contribution in [2.45, 2.75) is 4.90 Å². The maximum absolute atomic E-state index is 12.2. The second-order valence-corrected chi connectivity index (χ2v) is 7.45. The van der Waals surface area contributed by atoms with Gasteiger partial charge in [0, 0.05) is 17.8 Å². The van der Waals surface area contributed by atoms with Gasteiger partial charge in [0.1, 0.15) is 0 Å². The highest BCUT2D eigenvalue weighted by atomic mass is 32.2. The van der Waals surface area contributed by atoms with Crippen LogP contribution in [0, 0.1) is 0 Å². The maximum atomic E-state index is 12.2. The lowest BCUT2D eigenvalue weighted by atomic mass is 10.2. The normalized spacial score (nSPS) is 11.1. The van der Waals surface area contributed by atoms with Crippen molar-refractivity contribution in [1.82, 2.24) is 15.5 Å². The molecule has 2 N–H and O–H groups in total. The second-order valence-electron chi connectivity index (χ2n) is 5.34. The minimum Gasteiger partial charge on any atom is -0.423 e. The number of anilines is 1. The lowest BCUT2D eigenvalue weighted by Gasteiger charge is -2.09. The van der Waals surface area contributed by atoms with Gasteiger partial charge in [0.25, 0.3) is 0 Å². The Morgan fingerprint density at radius 2 is 1.88 bits per heavy atom. The Morgan fingerprint density at radius 3 is 2.62 bits per heavy atom. The molecule has 0 spiro atoms. The van der Waals surface area contributed by atoms with Crippen LogP contribution in [0.25, 0.3) is 11.5 Å². The van der Waals surface area contributed by atoms with Gasteiger partial charge in [-0.25, -0.2) is 13.2 Å². The third-order valence-electron chi connectivity index (χ3n) is 3.49. The van der Waals surface area contributed by atoms with Crippen LogP contribution in [-0.2, 0) is 9.84 Å². The number of hydrogen-bond acceptors (Lipinski definition) is 6. The van der Waals surface area contributed by atoms with E-state index in [0.29, 0.717) is 17.1 Å². The summed E-state index contributed by atoms with van der Waals surface area (Å²) in [5.74, 6) is 0.148. The van der Waals surface area contributed by atoms with E-state index in [2.05, 4.69) is 20.8 Å². The third-order valence-corrected chi connectivity index (χ3v) is 5.22. The zero-order valence-electron chi connectivity index (χ0n) is 13.6. The molecule has 3 rings (SSSR count). The maximum Gasteiger partial charge on any atom is 0.319 e. The first-order valence-electron chi connectivity index (χ1n) is 7.74. The standard InChI is InChI=1S/C17H16N4O4S/c22-17(18-9-10-26(23,24)15-7-2-1-3-8-15)20-14-6-4-5-13(11-14)16-21-19-12-25-16/h1-8,11-12H,9-10H2,(H2,18,20,22). The number of rotatable bonds is 6. The number of nitrogens with zero attached hydrogens (tertiary/aromatic N) is 2. The fraction of sp³-hybridized carbons (Fsp3) is 0.118. The zero-order chi connectivity index (χ0) is 18.4. The first kappa shape index (κ1) is 17.6. The summed E-state index contributed by atoms with van der Waals surface area (Å²) in [4.78, 5) is 12.2. The van der Waals surface area contributed by atoms with E-state index in [1.54, 1.807) is 42.5 Å². The molecule has 26 heavy (non-hydrogen) atoms. The molecule has 0 radical (unpaired) electrons. The summed E-state index contributed by atoms with van der Waals surface area (Å²) in [7, 11) is -3.44.